The fourth-order valence-electron chi connectivity index (χ4n) is 3.00. The number of rotatable bonds is 0. The van der Waals surface area contributed by atoms with Crippen LogP contribution >= 0.6 is 0 Å². The molecule has 2 unspecified atom stereocenters. The summed E-state index contributed by atoms with van der Waals surface area (Å²) in [4.78, 5) is 0. The van der Waals surface area contributed by atoms with E-state index in [9.17, 15) is 0 Å². The van der Waals surface area contributed by atoms with E-state index < -0.39 is 0 Å². The van der Waals surface area contributed by atoms with Crippen LogP contribution in [0.4, 0.5) is 0 Å². The van der Waals surface area contributed by atoms with Gasteiger partial charge in [-0.1, -0.05) is 6.42 Å². The van der Waals surface area contributed by atoms with Crippen molar-refractivity contribution in [1.82, 2.24) is 0 Å². The Morgan fingerprint density at radius 2 is 1.67 bits per heavy atom. The number of fused-ring (bicyclic) bond motifs is 1. The molecule has 0 spiro atoms. The minimum atomic E-state index is 1.18. The maximum absolute atomic E-state index is 1.61. The zero-order valence-electron chi connectivity index (χ0n) is 5.84. The lowest BCUT2D eigenvalue weighted by atomic mass is 9.72. The standard InChI is InChI=1S/C9H14/c1-2-7-5-9(7)8-3-6(1)4-8/h6-9H,1-5H2. The molecule has 0 amide bonds. The van der Waals surface area contributed by atoms with Crippen LogP contribution in [0.2, 0.25) is 0 Å². The minimum absolute atomic E-state index is 1.18. The highest BCUT2D eigenvalue weighted by Crippen LogP contribution is 2.60. The minimum Gasteiger partial charge on any atom is -0.0502 e. The zero-order valence-corrected chi connectivity index (χ0v) is 5.84. The first-order valence-electron chi connectivity index (χ1n) is 4.43. The lowest BCUT2D eigenvalue weighted by Gasteiger charge is -2.33. The summed E-state index contributed by atoms with van der Waals surface area (Å²) in [7, 11) is 0. The Kier molecular flexibility index (Phi) is 0.717. The first-order chi connectivity index (χ1) is 4.43. The smallest absolute Gasteiger partial charge is 0.0354 e. The van der Waals surface area contributed by atoms with Gasteiger partial charge in [-0.15, -0.1) is 0 Å². The lowest BCUT2D eigenvalue weighted by Crippen LogP contribution is -2.23. The molecule has 0 aromatic rings. The Morgan fingerprint density at radius 1 is 0.778 bits per heavy atom. The first kappa shape index (κ1) is 4.76. The molecule has 50 valence electrons. The van der Waals surface area contributed by atoms with Gasteiger partial charge < -0.3 is 0 Å². The molecule has 2 bridgehead atoms. The maximum Gasteiger partial charge on any atom is -0.0354 e. The average molecular weight is 122 g/mol. The lowest BCUT2D eigenvalue weighted by molar-refractivity contribution is 0.176. The summed E-state index contributed by atoms with van der Waals surface area (Å²) in [6, 6.07) is 0. The van der Waals surface area contributed by atoms with Crippen molar-refractivity contribution in [1.29, 1.82) is 0 Å². The van der Waals surface area contributed by atoms with Gasteiger partial charge in [0.2, 0.25) is 0 Å². The monoisotopic (exact) mass is 122 g/mol. The van der Waals surface area contributed by atoms with Gasteiger partial charge in [0, 0.05) is 0 Å². The third-order valence-corrected chi connectivity index (χ3v) is 3.80. The van der Waals surface area contributed by atoms with E-state index in [1.807, 2.05) is 0 Å². The van der Waals surface area contributed by atoms with Crippen LogP contribution in [0.15, 0.2) is 0 Å². The molecule has 0 heterocycles. The van der Waals surface area contributed by atoms with Crippen LogP contribution in [0.5, 0.6) is 0 Å². The molecule has 0 nitrogen and oxygen atoms in total. The molecule has 0 aliphatic heterocycles. The first-order valence-corrected chi connectivity index (χ1v) is 4.43. The second-order valence-corrected chi connectivity index (χ2v) is 4.33. The van der Waals surface area contributed by atoms with E-state index in [0.29, 0.717) is 0 Å². The topological polar surface area (TPSA) is 0 Å². The van der Waals surface area contributed by atoms with Gasteiger partial charge in [-0.25, -0.2) is 0 Å². The predicted molar refractivity (Wildman–Crippen MR) is 37.0 cm³/mol. The van der Waals surface area contributed by atoms with Crippen molar-refractivity contribution < 1.29 is 0 Å². The van der Waals surface area contributed by atoms with Crippen LogP contribution in [0.3, 0.4) is 0 Å². The highest BCUT2D eigenvalue weighted by atomic mass is 14.6. The summed E-state index contributed by atoms with van der Waals surface area (Å²) in [5.74, 6) is 4.83. The van der Waals surface area contributed by atoms with E-state index in [2.05, 4.69) is 0 Å². The molecule has 0 aromatic carbocycles. The average Bonchev–Trinajstić information content (AvgIpc) is 2.29. The van der Waals surface area contributed by atoms with Gasteiger partial charge in [-0.3, -0.25) is 0 Å². The Balaban J connectivity index is 1.84. The molecule has 4 saturated carbocycles. The summed E-state index contributed by atoms with van der Waals surface area (Å²) < 4.78 is 0. The molecule has 4 aliphatic carbocycles. The second kappa shape index (κ2) is 1.36. The molecule has 9 heavy (non-hydrogen) atoms. The van der Waals surface area contributed by atoms with Crippen molar-refractivity contribution >= 4 is 0 Å². The molecule has 4 aliphatic rings. The van der Waals surface area contributed by atoms with E-state index in [1.165, 1.54) is 23.7 Å². The third-order valence-electron chi connectivity index (χ3n) is 3.80. The van der Waals surface area contributed by atoms with Crippen LogP contribution in [0.25, 0.3) is 0 Å². The summed E-state index contributed by atoms with van der Waals surface area (Å²) in [5.41, 5.74) is 0. The molecule has 4 fully saturated rings. The second-order valence-electron chi connectivity index (χ2n) is 4.33. The summed E-state index contributed by atoms with van der Waals surface area (Å²) in [5, 5.41) is 0. The van der Waals surface area contributed by atoms with Crippen molar-refractivity contribution in [3.63, 3.8) is 0 Å². The molecule has 0 N–H and O–H groups in total. The van der Waals surface area contributed by atoms with E-state index in [-0.39, 0.29) is 0 Å². The Morgan fingerprint density at radius 3 is 2.56 bits per heavy atom. The normalized spacial score (nSPS) is 61.3. The van der Waals surface area contributed by atoms with E-state index in [4.69, 9.17) is 0 Å². The molecule has 2 atom stereocenters. The Hall–Kier alpha value is 0. The third kappa shape index (κ3) is 0.544. The molecule has 0 aromatic heterocycles. The van der Waals surface area contributed by atoms with Gasteiger partial charge in [0.15, 0.2) is 0 Å². The van der Waals surface area contributed by atoms with E-state index >= 15 is 0 Å². The van der Waals surface area contributed by atoms with E-state index in [0.717, 1.165) is 0 Å². The maximum atomic E-state index is 1.61. The van der Waals surface area contributed by atoms with Gasteiger partial charge in [-0.2, -0.15) is 0 Å². The quantitative estimate of drug-likeness (QED) is 0.463. The summed E-state index contributed by atoms with van der Waals surface area (Å²) >= 11 is 0. The van der Waals surface area contributed by atoms with E-state index in [1.54, 1.807) is 32.1 Å². The van der Waals surface area contributed by atoms with Crippen LogP contribution in [0.1, 0.15) is 32.1 Å². The van der Waals surface area contributed by atoms with Crippen LogP contribution in [-0.4, -0.2) is 0 Å². The van der Waals surface area contributed by atoms with Crippen molar-refractivity contribution in [3.05, 3.63) is 0 Å². The van der Waals surface area contributed by atoms with Crippen molar-refractivity contribution in [2.45, 2.75) is 32.1 Å². The molecule has 4 rings (SSSR count). The highest BCUT2D eigenvalue weighted by molar-refractivity contribution is 5.00. The summed E-state index contributed by atoms with van der Waals surface area (Å²) in [6.45, 7) is 0. The van der Waals surface area contributed by atoms with Crippen LogP contribution in [0, 0.1) is 23.7 Å². The fourth-order valence-corrected chi connectivity index (χ4v) is 3.00. The fraction of sp³-hybridized carbons (Fsp3) is 1.00. The van der Waals surface area contributed by atoms with Gasteiger partial charge in [0.1, 0.15) is 0 Å². The van der Waals surface area contributed by atoms with Crippen LogP contribution < -0.4 is 0 Å². The van der Waals surface area contributed by atoms with Gasteiger partial charge in [0.05, 0.1) is 0 Å². The molecular formula is C9H14. The largest absolute Gasteiger partial charge is 0.0502 e. The molecular weight excluding hydrogens is 108 g/mol. The molecule has 0 radical (unpaired) electrons. The number of hydrogen-bond acceptors (Lipinski definition) is 0. The Bertz CT molecular complexity index is 130. The van der Waals surface area contributed by atoms with Gasteiger partial charge in [-0.05, 0) is 49.4 Å². The van der Waals surface area contributed by atoms with Crippen molar-refractivity contribution in [2.24, 2.45) is 23.7 Å². The zero-order chi connectivity index (χ0) is 5.84. The molecule has 0 saturated heterocycles. The van der Waals surface area contributed by atoms with Crippen molar-refractivity contribution in [2.75, 3.05) is 0 Å². The Labute approximate surface area is 56.6 Å². The number of hydrogen-bond donors (Lipinski definition) is 0. The van der Waals surface area contributed by atoms with Crippen LogP contribution in [-0.2, 0) is 0 Å². The molecule has 0 heteroatoms. The SMILES string of the molecule is C1CC2CC2C2CC1C2. The van der Waals surface area contributed by atoms with Gasteiger partial charge in [0.25, 0.3) is 0 Å². The summed E-state index contributed by atoms with van der Waals surface area (Å²) in [6.07, 6.45) is 8.00. The van der Waals surface area contributed by atoms with Gasteiger partial charge >= 0.3 is 0 Å². The highest BCUT2D eigenvalue weighted by Gasteiger charge is 2.50. The predicted octanol–water partition coefficient (Wildman–Crippen LogP) is 2.44. The van der Waals surface area contributed by atoms with Crippen molar-refractivity contribution in [3.8, 4) is 0 Å².